The van der Waals surface area contributed by atoms with Crippen LogP contribution in [-0.4, -0.2) is 20.7 Å². The van der Waals surface area contributed by atoms with E-state index in [1.165, 1.54) is 11.3 Å². The minimum absolute atomic E-state index is 0.277. The van der Waals surface area contributed by atoms with Crippen molar-refractivity contribution in [3.8, 4) is 0 Å². The third-order valence-corrected chi connectivity index (χ3v) is 4.26. The summed E-state index contributed by atoms with van der Waals surface area (Å²) >= 11 is 7.58. The van der Waals surface area contributed by atoms with Crippen molar-refractivity contribution in [3.05, 3.63) is 27.0 Å². The molecule has 0 bridgehead atoms. The van der Waals surface area contributed by atoms with Crippen LogP contribution in [0.4, 0.5) is 5.13 Å². The number of nitrogens with one attached hydrogen (secondary N) is 1. The van der Waals surface area contributed by atoms with Crippen molar-refractivity contribution in [2.75, 3.05) is 5.32 Å². The first kappa shape index (κ1) is 14.0. The first-order chi connectivity index (χ1) is 8.93. The van der Waals surface area contributed by atoms with Crippen molar-refractivity contribution in [3.63, 3.8) is 0 Å². The molecule has 0 fully saturated rings. The van der Waals surface area contributed by atoms with Gasteiger partial charge in [-0.2, -0.15) is 5.10 Å². The van der Waals surface area contributed by atoms with E-state index in [0.29, 0.717) is 28.1 Å². The summed E-state index contributed by atoms with van der Waals surface area (Å²) in [6, 6.07) is 0. The molecule has 2 aromatic heterocycles. The zero-order chi connectivity index (χ0) is 14.2. The van der Waals surface area contributed by atoms with Gasteiger partial charge < -0.3 is 0 Å². The third kappa shape index (κ3) is 2.64. The van der Waals surface area contributed by atoms with Gasteiger partial charge in [0.25, 0.3) is 5.91 Å². The Morgan fingerprint density at radius 3 is 2.58 bits per heavy atom. The number of thiazole rings is 1. The number of anilines is 1. The summed E-state index contributed by atoms with van der Waals surface area (Å²) in [4.78, 5) is 17.6. The largest absolute Gasteiger partial charge is 0.296 e. The number of carbonyl (C=O) groups excluding carboxylic acids is 1. The van der Waals surface area contributed by atoms with Crippen LogP contribution in [-0.2, 0) is 6.54 Å². The molecular formula is C12H15ClN4OS. The van der Waals surface area contributed by atoms with Crippen LogP contribution < -0.4 is 5.32 Å². The molecule has 0 aromatic carbocycles. The molecule has 2 aromatic rings. The van der Waals surface area contributed by atoms with Crippen LogP contribution in [0.3, 0.4) is 0 Å². The Bertz CT molecular complexity index is 612. The number of halogens is 1. The van der Waals surface area contributed by atoms with Gasteiger partial charge in [-0.15, -0.1) is 11.3 Å². The quantitative estimate of drug-likeness (QED) is 0.946. The van der Waals surface area contributed by atoms with Crippen LogP contribution in [0.1, 0.15) is 33.7 Å². The van der Waals surface area contributed by atoms with E-state index in [1.54, 1.807) is 11.6 Å². The average Bonchev–Trinajstić information content (AvgIpc) is 2.81. The summed E-state index contributed by atoms with van der Waals surface area (Å²) in [5.74, 6) is -0.277. The maximum Gasteiger partial charge on any atom is 0.277 e. The summed E-state index contributed by atoms with van der Waals surface area (Å²) in [5.41, 5.74) is 1.96. The molecule has 0 radical (unpaired) electrons. The van der Waals surface area contributed by atoms with E-state index in [0.717, 1.165) is 10.6 Å². The summed E-state index contributed by atoms with van der Waals surface area (Å²) in [7, 11) is 0. The highest BCUT2D eigenvalue weighted by Gasteiger charge is 2.20. The standard InChI is InChI=1S/C12H15ClN4OS/c1-5-17-10(9(13)7(3)16-17)11(18)15-12-14-6(2)8(4)19-12/h5H2,1-4H3,(H,14,15,18). The Balaban J connectivity index is 2.29. The lowest BCUT2D eigenvalue weighted by Gasteiger charge is -2.04. The van der Waals surface area contributed by atoms with Gasteiger partial charge in [0.15, 0.2) is 5.13 Å². The molecule has 1 N–H and O–H groups in total. The third-order valence-electron chi connectivity index (χ3n) is 2.82. The summed E-state index contributed by atoms with van der Waals surface area (Å²) in [6.45, 7) is 8.16. The Kier molecular flexibility index (Phi) is 3.91. The van der Waals surface area contributed by atoms with Gasteiger partial charge in [-0.3, -0.25) is 14.8 Å². The summed E-state index contributed by atoms with van der Waals surface area (Å²) in [6.07, 6.45) is 0. The Morgan fingerprint density at radius 2 is 2.05 bits per heavy atom. The molecule has 0 aliphatic carbocycles. The zero-order valence-corrected chi connectivity index (χ0v) is 12.8. The molecule has 0 atom stereocenters. The van der Waals surface area contributed by atoms with Gasteiger partial charge in [0.05, 0.1) is 16.4 Å². The van der Waals surface area contributed by atoms with Gasteiger partial charge in [-0.1, -0.05) is 11.6 Å². The number of hydrogen-bond donors (Lipinski definition) is 1. The minimum Gasteiger partial charge on any atom is -0.296 e. The van der Waals surface area contributed by atoms with Crippen molar-refractivity contribution in [1.82, 2.24) is 14.8 Å². The number of aromatic nitrogens is 3. The number of nitrogens with zero attached hydrogens (tertiary/aromatic N) is 3. The number of amides is 1. The molecule has 0 saturated heterocycles. The molecule has 5 nitrogen and oxygen atoms in total. The zero-order valence-electron chi connectivity index (χ0n) is 11.2. The number of carbonyl (C=O) groups is 1. The molecule has 1 amide bonds. The minimum atomic E-state index is -0.277. The fraction of sp³-hybridized carbons (Fsp3) is 0.417. The fourth-order valence-corrected chi connectivity index (χ4v) is 2.72. The highest BCUT2D eigenvalue weighted by Crippen LogP contribution is 2.24. The molecule has 0 aliphatic heterocycles. The fourth-order valence-electron chi connectivity index (χ4n) is 1.69. The van der Waals surface area contributed by atoms with Crippen LogP contribution in [0, 0.1) is 20.8 Å². The topological polar surface area (TPSA) is 59.8 Å². The average molecular weight is 299 g/mol. The summed E-state index contributed by atoms with van der Waals surface area (Å²) in [5, 5.41) is 7.97. The Hall–Kier alpha value is -1.40. The monoisotopic (exact) mass is 298 g/mol. The second kappa shape index (κ2) is 5.30. The van der Waals surface area contributed by atoms with Crippen molar-refractivity contribution in [1.29, 1.82) is 0 Å². The Labute approximate surface area is 120 Å². The molecule has 2 rings (SSSR count). The molecular weight excluding hydrogens is 284 g/mol. The number of rotatable bonds is 3. The van der Waals surface area contributed by atoms with Crippen molar-refractivity contribution in [2.45, 2.75) is 34.2 Å². The van der Waals surface area contributed by atoms with Gasteiger partial charge in [0, 0.05) is 11.4 Å². The number of aryl methyl sites for hydroxylation is 4. The van der Waals surface area contributed by atoms with E-state index in [9.17, 15) is 4.79 Å². The second-order valence-corrected chi connectivity index (χ2v) is 5.76. The second-order valence-electron chi connectivity index (χ2n) is 4.18. The number of hydrogen-bond acceptors (Lipinski definition) is 4. The maximum atomic E-state index is 12.3. The van der Waals surface area contributed by atoms with Crippen LogP contribution in [0.25, 0.3) is 0 Å². The molecule has 0 spiro atoms. The highest BCUT2D eigenvalue weighted by atomic mass is 35.5. The van der Waals surface area contributed by atoms with Gasteiger partial charge >= 0.3 is 0 Å². The molecule has 19 heavy (non-hydrogen) atoms. The van der Waals surface area contributed by atoms with Crippen LogP contribution in [0.5, 0.6) is 0 Å². The van der Waals surface area contributed by atoms with Gasteiger partial charge in [0.1, 0.15) is 5.69 Å². The molecule has 0 saturated carbocycles. The van der Waals surface area contributed by atoms with E-state index in [-0.39, 0.29) is 5.91 Å². The van der Waals surface area contributed by atoms with Gasteiger partial charge in [0.2, 0.25) is 0 Å². The lowest BCUT2D eigenvalue weighted by atomic mass is 10.3. The van der Waals surface area contributed by atoms with E-state index in [1.807, 2.05) is 20.8 Å². The first-order valence-electron chi connectivity index (χ1n) is 5.92. The van der Waals surface area contributed by atoms with Gasteiger partial charge in [-0.05, 0) is 27.7 Å². The first-order valence-corrected chi connectivity index (χ1v) is 7.11. The lowest BCUT2D eigenvalue weighted by Crippen LogP contribution is -2.17. The predicted octanol–water partition coefficient (Wildman–Crippen LogP) is 3.19. The maximum absolute atomic E-state index is 12.3. The van der Waals surface area contributed by atoms with E-state index >= 15 is 0 Å². The van der Waals surface area contributed by atoms with Crippen molar-refractivity contribution < 1.29 is 4.79 Å². The van der Waals surface area contributed by atoms with Gasteiger partial charge in [-0.25, -0.2) is 4.98 Å². The molecule has 0 unspecified atom stereocenters. The van der Waals surface area contributed by atoms with Crippen molar-refractivity contribution >= 4 is 34.0 Å². The Morgan fingerprint density at radius 1 is 1.37 bits per heavy atom. The molecule has 2 heterocycles. The van der Waals surface area contributed by atoms with E-state index in [2.05, 4.69) is 15.4 Å². The predicted molar refractivity (Wildman–Crippen MR) is 77.2 cm³/mol. The normalized spacial score (nSPS) is 10.8. The van der Waals surface area contributed by atoms with Crippen LogP contribution >= 0.6 is 22.9 Å². The molecule has 0 aliphatic rings. The highest BCUT2D eigenvalue weighted by molar-refractivity contribution is 7.15. The lowest BCUT2D eigenvalue weighted by molar-refractivity contribution is 0.101. The van der Waals surface area contributed by atoms with Crippen LogP contribution in [0.15, 0.2) is 0 Å². The summed E-state index contributed by atoms with van der Waals surface area (Å²) < 4.78 is 1.60. The smallest absolute Gasteiger partial charge is 0.277 e. The van der Waals surface area contributed by atoms with Crippen molar-refractivity contribution in [2.24, 2.45) is 0 Å². The van der Waals surface area contributed by atoms with E-state index < -0.39 is 0 Å². The van der Waals surface area contributed by atoms with E-state index in [4.69, 9.17) is 11.6 Å². The van der Waals surface area contributed by atoms with Crippen LogP contribution in [0.2, 0.25) is 5.02 Å². The molecule has 102 valence electrons. The molecule has 7 heteroatoms. The SMILES string of the molecule is CCn1nc(C)c(Cl)c1C(=O)Nc1nc(C)c(C)s1.